The minimum atomic E-state index is -0.732. The Hall–Kier alpha value is -0.610. The Labute approximate surface area is 117 Å². The van der Waals surface area contributed by atoms with Gasteiger partial charge in [-0.25, -0.2) is 0 Å². The minimum absolute atomic E-state index is 0.0307. The molecule has 4 nitrogen and oxygen atoms in total. The van der Waals surface area contributed by atoms with Gasteiger partial charge in [0.2, 0.25) is 0 Å². The third-order valence-electron chi connectivity index (χ3n) is 4.31. The standard InChI is InChI=1S/C15H29NO3/c1-4-5-6-7-8-9-12(2)16(3)14-11-19-10-13(14)15(17)18/h12-14H,4-11H2,1-3H3,(H,17,18). The lowest BCUT2D eigenvalue weighted by atomic mass is 9.99. The summed E-state index contributed by atoms with van der Waals surface area (Å²) in [4.78, 5) is 13.4. The van der Waals surface area contributed by atoms with Gasteiger partial charge in [-0.05, 0) is 20.4 Å². The predicted octanol–water partition coefficient (Wildman–Crippen LogP) is 2.77. The number of rotatable bonds is 9. The molecule has 0 spiro atoms. The molecule has 0 radical (unpaired) electrons. The van der Waals surface area contributed by atoms with Gasteiger partial charge in [0.25, 0.3) is 0 Å². The second kappa shape index (κ2) is 8.54. The minimum Gasteiger partial charge on any atom is -0.481 e. The molecule has 0 aromatic rings. The van der Waals surface area contributed by atoms with Crippen LogP contribution in [-0.2, 0) is 9.53 Å². The van der Waals surface area contributed by atoms with E-state index in [4.69, 9.17) is 4.74 Å². The molecule has 3 atom stereocenters. The Morgan fingerprint density at radius 2 is 2.00 bits per heavy atom. The summed E-state index contributed by atoms with van der Waals surface area (Å²) in [6.07, 6.45) is 7.57. The van der Waals surface area contributed by atoms with Gasteiger partial charge in [0.1, 0.15) is 0 Å². The molecule has 3 unspecified atom stereocenters. The highest BCUT2D eigenvalue weighted by Crippen LogP contribution is 2.22. The molecule has 1 rings (SSSR count). The lowest BCUT2D eigenvalue weighted by molar-refractivity contribution is -0.143. The second-order valence-electron chi connectivity index (χ2n) is 5.77. The van der Waals surface area contributed by atoms with E-state index < -0.39 is 5.97 Å². The molecule has 0 saturated carbocycles. The maximum Gasteiger partial charge on any atom is 0.310 e. The van der Waals surface area contributed by atoms with E-state index in [0.29, 0.717) is 19.3 Å². The lowest BCUT2D eigenvalue weighted by Crippen LogP contribution is -2.45. The van der Waals surface area contributed by atoms with E-state index in [2.05, 4.69) is 18.7 Å². The average molecular weight is 271 g/mol. The number of nitrogens with zero attached hydrogens (tertiary/aromatic N) is 1. The van der Waals surface area contributed by atoms with Gasteiger partial charge in [-0.2, -0.15) is 0 Å². The largest absolute Gasteiger partial charge is 0.481 e. The molecule has 19 heavy (non-hydrogen) atoms. The topological polar surface area (TPSA) is 49.8 Å². The van der Waals surface area contributed by atoms with Gasteiger partial charge in [0.15, 0.2) is 0 Å². The third-order valence-corrected chi connectivity index (χ3v) is 4.31. The van der Waals surface area contributed by atoms with Crippen LogP contribution in [0.3, 0.4) is 0 Å². The van der Waals surface area contributed by atoms with Crippen LogP contribution in [0.4, 0.5) is 0 Å². The first kappa shape index (κ1) is 16.4. The lowest BCUT2D eigenvalue weighted by Gasteiger charge is -2.32. The molecule has 0 bridgehead atoms. The van der Waals surface area contributed by atoms with Crippen LogP contribution >= 0.6 is 0 Å². The molecule has 112 valence electrons. The molecule has 0 amide bonds. The van der Waals surface area contributed by atoms with Crippen molar-refractivity contribution in [2.24, 2.45) is 5.92 Å². The average Bonchev–Trinajstić information content (AvgIpc) is 2.86. The van der Waals surface area contributed by atoms with Crippen molar-refractivity contribution < 1.29 is 14.6 Å². The maximum atomic E-state index is 11.2. The summed E-state index contributed by atoms with van der Waals surface area (Å²) in [5.41, 5.74) is 0. The second-order valence-corrected chi connectivity index (χ2v) is 5.77. The molecule has 0 aromatic heterocycles. The highest BCUT2D eigenvalue weighted by molar-refractivity contribution is 5.71. The van der Waals surface area contributed by atoms with Crippen molar-refractivity contribution in [3.8, 4) is 0 Å². The monoisotopic (exact) mass is 271 g/mol. The number of likely N-dealkylation sites (N-methyl/N-ethyl adjacent to an activating group) is 1. The van der Waals surface area contributed by atoms with Crippen molar-refractivity contribution >= 4 is 5.97 Å². The van der Waals surface area contributed by atoms with Crippen molar-refractivity contribution in [1.29, 1.82) is 0 Å². The number of carboxylic acid groups (broad SMARTS) is 1. The molecule has 1 aliphatic rings. The summed E-state index contributed by atoms with van der Waals surface area (Å²) in [5, 5.41) is 9.18. The van der Waals surface area contributed by atoms with Crippen LogP contribution in [0.5, 0.6) is 0 Å². The van der Waals surface area contributed by atoms with E-state index in [9.17, 15) is 9.90 Å². The van der Waals surface area contributed by atoms with Crippen molar-refractivity contribution in [3.63, 3.8) is 0 Å². The summed E-state index contributed by atoms with van der Waals surface area (Å²) in [6, 6.07) is 0.457. The van der Waals surface area contributed by atoms with Gasteiger partial charge in [0.05, 0.1) is 19.1 Å². The van der Waals surface area contributed by atoms with Crippen LogP contribution < -0.4 is 0 Å². The number of unbranched alkanes of at least 4 members (excludes halogenated alkanes) is 4. The quantitative estimate of drug-likeness (QED) is 0.655. The predicted molar refractivity (Wildman–Crippen MR) is 76.3 cm³/mol. The summed E-state index contributed by atoms with van der Waals surface area (Å²) < 4.78 is 5.34. The zero-order valence-corrected chi connectivity index (χ0v) is 12.6. The van der Waals surface area contributed by atoms with Gasteiger partial charge in [0, 0.05) is 12.1 Å². The van der Waals surface area contributed by atoms with Gasteiger partial charge < -0.3 is 9.84 Å². The Kier molecular flexibility index (Phi) is 7.39. The number of carboxylic acids is 1. The highest BCUT2D eigenvalue weighted by Gasteiger charge is 2.37. The first-order chi connectivity index (χ1) is 9.07. The Morgan fingerprint density at radius 1 is 1.32 bits per heavy atom. The van der Waals surface area contributed by atoms with E-state index in [1.807, 2.05) is 7.05 Å². The molecule has 1 fully saturated rings. The van der Waals surface area contributed by atoms with E-state index in [-0.39, 0.29) is 12.0 Å². The summed E-state index contributed by atoms with van der Waals surface area (Å²) in [7, 11) is 2.03. The molecule has 1 N–H and O–H groups in total. The number of carbonyl (C=O) groups is 1. The van der Waals surface area contributed by atoms with Crippen LogP contribution in [0.15, 0.2) is 0 Å². The molecule has 0 aliphatic carbocycles. The van der Waals surface area contributed by atoms with Crippen molar-refractivity contribution in [1.82, 2.24) is 4.90 Å². The Balaban J connectivity index is 2.30. The maximum absolute atomic E-state index is 11.2. The van der Waals surface area contributed by atoms with E-state index in [0.717, 1.165) is 6.42 Å². The summed E-state index contributed by atoms with van der Waals surface area (Å²) in [6.45, 7) is 5.32. The van der Waals surface area contributed by atoms with Crippen molar-refractivity contribution in [3.05, 3.63) is 0 Å². The molecular formula is C15H29NO3. The smallest absolute Gasteiger partial charge is 0.310 e. The van der Waals surface area contributed by atoms with E-state index >= 15 is 0 Å². The zero-order chi connectivity index (χ0) is 14.3. The Morgan fingerprint density at radius 3 is 2.63 bits per heavy atom. The number of hydrogen-bond donors (Lipinski definition) is 1. The first-order valence-corrected chi connectivity index (χ1v) is 7.60. The summed E-state index contributed by atoms with van der Waals surface area (Å²) in [5.74, 6) is -1.10. The Bertz CT molecular complexity index is 270. The number of aliphatic carboxylic acids is 1. The molecule has 4 heteroatoms. The zero-order valence-electron chi connectivity index (χ0n) is 12.6. The summed E-state index contributed by atoms with van der Waals surface area (Å²) >= 11 is 0. The van der Waals surface area contributed by atoms with Gasteiger partial charge >= 0.3 is 5.97 Å². The first-order valence-electron chi connectivity index (χ1n) is 7.60. The normalized spacial score (nSPS) is 24.8. The van der Waals surface area contributed by atoms with Crippen molar-refractivity contribution in [2.75, 3.05) is 20.3 Å². The van der Waals surface area contributed by atoms with Crippen LogP contribution in [0.2, 0.25) is 0 Å². The SMILES string of the molecule is CCCCCCCC(C)N(C)C1COCC1C(=O)O. The third kappa shape index (κ3) is 5.11. The van der Waals surface area contributed by atoms with E-state index in [1.54, 1.807) is 0 Å². The fraction of sp³-hybridized carbons (Fsp3) is 0.933. The highest BCUT2D eigenvalue weighted by atomic mass is 16.5. The van der Waals surface area contributed by atoms with Crippen LogP contribution in [0, 0.1) is 5.92 Å². The van der Waals surface area contributed by atoms with E-state index in [1.165, 1.54) is 32.1 Å². The van der Waals surface area contributed by atoms with Crippen molar-refractivity contribution in [2.45, 2.75) is 64.5 Å². The van der Waals surface area contributed by atoms with Gasteiger partial charge in [-0.15, -0.1) is 0 Å². The molecule has 1 saturated heterocycles. The molecule has 1 heterocycles. The molecule has 0 aromatic carbocycles. The van der Waals surface area contributed by atoms with Gasteiger partial charge in [-0.1, -0.05) is 39.0 Å². The van der Waals surface area contributed by atoms with Crippen LogP contribution in [0.25, 0.3) is 0 Å². The fourth-order valence-corrected chi connectivity index (χ4v) is 2.75. The number of hydrogen-bond acceptors (Lipinski definition) is 3. The van der Waals surface area contributed by atoms with Gasteiger partial charge in [-0.3, -0.25) is 9.69 Å². The van der Waals surface area contributed by atoms with Crippen LogP contribution in [-0.4, -0.2) is 48.3 Å². The molecular weight excluding hydrogens is 242 g/mol. The fourth-order valence-electron chi connectivity index (χ4n) is 2.75. The number of ether oxygens (including phenoxy) is 1. The van der Waals surface area contributed by atoms with Crippen LogP contribution in [0.1, 0.15) is 52.4 Å². The molecule has 1 aliphatic heterocycles.